The maximum Gasteiger partial charge on any atom is 0.319 e. The van der Waals surface area contributed by atoms with Crippen LogP contribution in [0.4, 0.5) is 16.3 Å². The first-order chi connectivity index (χ1) is 15.1. The molecule has 164 valence electrons. The molecule has 3 aliphatic heterocycles. The number of nitrogens with one attached hydrogen (secondary N) is 3. The Bertz CT molecular complexity index is 963. The lowest BCUT2D eigenvalue weighted by Gasteiger charge is -2.37. The Hall–Kier alpha value is -2.71. The molecule has 2 fully saturated rings. The van der Waals surface area contributed by atoms with Crippen LogP contribution >= 0.6 is 0 Å². The lowest BCUT2D eigenvalue weighted by atomic mass is 9.99. The van der Waals surface area contributed by atoms with E-state index >= 15 is 0 Å². The van der Waals surface area contributed by atoms with Crippen molar-refractivity contribution in [2.45, 2.75) is 51.2 Å². The monoisotopic (exact) mass is 422 g/mol. The van der Waals surface area contributed by atoms with Gasteiger partial charge in [-0.15, -0.1) is 0 Å². The van der Waals surface area contributed by atoms with Crippen molar-refractivity contribution >= 4 is 17.5 Å². The molecule has 0 saturated carbocycles. The molecule has 5 rings (SSSR count). The molecule has 2 saturated heterocycles. The molecule has 1 aromatic heterocycles. The number of urea groups is 1. The fraction of sp³-hybridized carbons (Fsp3) is 0.522. The zero-order valence-electron chi connectivity index (χ0n) is 18.1. The minimum absolute atomic E-state index is 0.203. The molecule has 2 amide bonds. The van der Waals surface area contributed by atoms with Crippen molar-refractivity contribution < 1.29 is 9.53 Å². The summed E-state index contributed by atoms with van der Waals surface area (Å²) >= 11 is 0. The SMILES string of the molecule is CCNC(=O)Nc1ccc(-c2nc3c(c(N4CCOC[C@@H]4C)n2)C[C@@H]2CC[C@H]3N2)cc1. The normalized spacial score (nSPS) is 24.6. The van der Waals surface area contributed by atoms with E-state index in [0.29, 0.717) is 18.6 Å². The second-order valence-corrected chi connectivity index (χ2v) is 8.61. The number of rotatable bonds is 4. The number of hydrogen-bond donors (Lipinski definition) is 3. The fourth-order valence-electron chi connectivity index (χ4n) is 4.86. The van der Waals surface area contributed by atoms with Crippen molar-refractivity contribution in [1.29, 1.82) is 0 Å². The van der Waals surface area contributed by atoms with E-state index in [9.17, 15) is 4.79 Å². The summed E-state index contributed by atoms with van der Waals surface area (Å²) in [5.74, 6) is 1.81. The van der Waals surface area contributed by atoms with Crippen molar-refractivity contribution in [1.82, 2.24) is 20.6 Å². The largest absolute Gasteiger partial charge is 0.377 e. The highest BCUT2D eigenvalue weighted by Crippen LogP contribution is 2.40. The lowest BCUT2D eigenvalue weighted by Crippen LogP contribution is -2.45. The van der Waals surface area contributed by atoms with Gasteiger partial charge in [-0.25, -0.2) is 14.8 Å². The number of carbonyl (C=O) groups excluding carboxylic acids is 1. The van der Waals surface area contributed by atoms with Gasteiger partial charge in [-0.1, -0.05) is 0 Å². The first kappa shape index (κ1) is 20.2. The molecule has 4 heterocycles. The number of benzene rings is 1. The highest BCUT2D eigenvalue weighted by molar-refractivity contribution is 5.89. The Morgan fingerprint density at radius 3 is 2.87 bits per heavy atom. The number of ether oxygens (including phenoxy) is 1. The van der Waals surface area contributed by atoms with E-state index in [1.807, 2.05) is 31.2 Å². The molecule has 3 N–H and O–H groups in total. The minimum atomic E-state index is -0.203. The van der Waals surface area contributed by atoms with Crippen LogP contribution in [0.25, 0.3) is 11.4 Å². The molecule has 2 aromatic rings. The van der Waals surface area contributed by atoms with Gasteiger partial charge in [0.25, 0.3) is 0 Å². The fourth-order valence-corrected chi connectivity index (χ4v) is 4.86. The summed E-state index contributed by atoms with van der Waals surface area (Å²) in [5, 5.41) is 9.30. The van der Waals surface area contributed by atoms with Gasteiger partial charge < -0.3 is 25.6 Å². The topological polar surface area (TPSA) is 91.4 Å². The molecular formula is C23H30N6O2. The number of carbonyl (C=O) groups is 1. The molecule has 8 heteroatoms. The average molecular weight is 423 g/mol. The molecule has 0 spiro atoms. The van der Waals surface area contributed by atoms with Crippen molar-refractivity contribution in [3.05, 3.63) is 35.5 Å². The summed E-state index contributed by atoms with van der Waals surface area (Å²) in [6.07, 6.45) is 3.30. The van der Waals surface area contributed by atoms with Crippen molar-refractivity contribution in [2.24, 2.45) is 0 Å². The van der Waals surface area contributed by atoms with Crippen LogP contribution in [0.5, 0.6) is 0 Å². The van der Waals surface area contributed by atoms with E-state index in [2.05, 4.69) is 27.8 Å². The quantitative estimate of drug-likeness (QED) is 0.702. The number of nitrogens with zero attached hydrogens (tertiary/aromatic N) is 3. The second kappa shape index (κ2) is 8.43. The molecule has 3 aliphatic rings. The molecule has 2 bridgehead atoms. The Kier molecular flexibility index (Phi) is 5.50. The summed E-state index contributed by atoms with van der Waals surface area (Å²) in [7, 11) is 0. The number of morpholine rings is 1. The maximum absolute atomic E-state index is 11.8. The van der Waals surface area contributed by atoms with Gasteiger partial charge in [0.15, 0.2) is 5.82 Å². The standard InChI is InChI=1S/C23H30N6O2/c1-3-24-23(30)26-16-6-4-15(5-7-16)21-27-20-18(12-17-8-9-19(20)25-17)22(28-21)29-10-11-31-13-14(29)2/h4-7,14,17,19,25H,3,8-13H2,1-2H3,(H2,24,26,30)/t14-,17-,19+/m0/s1. The van der Waals surface area contributed by atoms with Crippen molar-refractivity contribution in [3.8, 4) is 11.4 Å². The van der Waals surface area contributed by atoms with Crippen LogP contribution in [0.15, 0.2) is 24.3 Å². The van der Waals surface area contributed by atoms with Gasteiger partial charge in [0.2, 0.25) is 0 Å². The molecule has 0 radical (unpaired) electrons. The summed E-state index contributed by atoms with van der Waals surface area (Å²) in [6, 6.07) is 8.67. The number of amides is 2. The van der Waals surface area contributed by atoms with Crippen LogP contribution in [-0.4, -0.2) is 54.4 Å². The van der Waals surface area contributed by atoms with Crippen molar-refractivity contribution in [2.75, 3.05) is 36.5 Å². The van der Waals surface area contributed by atoms with Gasteiger partial charge in [0, 0.05) is 35.9 Å². The van der Waals surface area contributed by atoms with Gasteiger partial charge in [0.1, 0.15) is 5.82 Å². The first-order valence-electron chi connectivity index (χ1n) is 11.3. The molecule has 3 atom stereocenters. The Morgan fingerprint density at radius 1 is 1.26 bits per heavy atom. The van der Waals surface area contributed by atoms with Crippen molar-refractivity contribution in [3.63, 3.8) is 0 Å². The second-order valence-electron chi connectivity index (χ2n) is 8.61. The Balaban J connectivity index is 1.50. The van der Waals surface area contributed by atoms with E-state index in [0.717, 1.165) is 61.2 Å². The molecule has 0 aliphatic carbocycles. The van der Waals surface area contributed by atoms with Gasteiger partial charge >= 0.3 is 6.03 Å². The summed E-state index contributed by atoms with van der Waals surface area (Å²) in [5.41, 5.74) is 4.15. The Labute approximate surface area is 182 Å². The molecule has 8 nitrogen and oxygen atoms in total. The van der Waals surface area contributed by atoms with Crippen LogP contribution in [0, 0.1) is 0 Å². The van der Waals surface area contributed by atoms with E-state index in [1.54, 1.807) is 0 Å². The highest BCUT2D eigenvalue weighted by Gasteiger charge is 2.37. The molecular weight excluding hydrogens is 392 g/mol. The predicted molar refractivity (Wildman–Crippen MR) is 120 cm³/mol. The highest BCUT2D eigenvalue weighted by atomic mass is 16.5. The van der Waals surface area contributed by atoms with Crippen LogP contribution < -0.4 is 20.9 Å². The summed E-state index contributed by atoms with van der Waals surface area (Å²) < 4.78 is 5.67. The lowest BCUT2D eigenvalue weighted by molar-refractivity contribution is 0.0984. The zero-order valence-corrected chi connectivity index (χ0v) is 18.1. The number of hydrogen-bond acceptors (Lipinski definition) is 6. The summed E-state index contributed by atoms with van der Waals surface area (Å²) in [4.78, 5) is 24.3. The minimum Gasteiger partial charge on any atom is -0.377 e. The molecule has 31 heavy (non-hydrogen) atoms. The van der Waals surface area contributed by atoms with Gasteiger partial charge in [-0.3, -0.25) is 0 Å². The predicted octanol–water partition coefficient (Wildman–Crippen LogP) is 2.86. The third kappa shape index (κ3) is 3.97. The van der Waals surface area contributed by atoms with E-state index < -0.39 is 0 Å². The number of anilines is 2. The summed E-state index contributed by atoms with van der Waals surface area (Å²) in [6.45, 7) is 6.98. The van der Waals surface area contributed by atoms with Crippen LogP contribution in [0.1, 0.15) is 44.0 Å². The van der Waals surface area contributed by atoms with Gasteiger partial charge in [0.05, 0.1) is 31.0 Å². The van der Waals surface area contributed by atoms with E-state index in [4.69, 9.17) is 14.7 Å². The van der Waals surface area contributed by atoms with Crippen LogP contribution in [0.3, 0.4) is 0 Å². The Morgan fingerprint density at radius 2 is 2.10 bits per heavy atom. The maximum atomic E-state index is 11.8. The van der Waals surface area contributed by atoms with E-state index in [-0.39, 0.29) is 12.1 Å². The molecule has 1 aromatic carbocycles. The van der Waals surface area contributed by atoms with Gasteiger partial charge in [-0.2, -0.15) is 0 Å². The zero-order chi connectivity index (χ0) is 21.4. The third-order valence-electron chi connectivity index (χ3n) is 6.42. The van der Waals surface area contributed by atoms with Gasteiger partial charge in [-0.05, 0) is 57.4 Å². The van der Waals surface area contributed by atoms with Crippen LogP contribution in [-0.2, 0) is 11.2 Å². The number of fused-ring (bicyclic) bond motifs is 4. The number of aromatic nitrogens is 2. The van der Waals surface area contributed by atoms with Crippen LogP contribution in [0.2, 0.25) is 0 Å². The average Bonchev–Trinajstić information content (AvgIpc) is 3.16. The van der Waals surface area contributed by atoms with E-state index in [1.165, 1.54) is 12.0 Å². The first-order valence-corrected chi connectivity index (χ1v) is 11.3. The smallest absolute Gasteiger partial charge is 0.319 e. The third-order valence-corrected chi connectivity index (χ3v) is 6.42. The molecule has 0 unspecified atom stereocenters.